The van der Waals surface area contributed by atoms with Crippen LogP contribution in [-0.2, 0) is 4.79 Å². The first-order valence-corrected chi connectivity index (χ1v) is 8.40. The second-order valence-corrected chi connectivity index (χ2v) is 6.95. The van der Waals surface area contributed by atoms with E-state index in [2.05, 4.69) is 15.5 Å². The van der Waals surface area contributed by atoms with Gasteiger partial charge in [-0.3, -0.25) is 9.20 Å². The standard InChI is InChI=1S/C13H14Cl2N4OS/c1-7(8-2-3-8)16-11(20)6-21-13-18-17-12-10(15)4-9(14)5-19(12)13/h4-5,7-8H,2-3,6H2,1H3,(H,16,20)/t7-/m0/s1. The van der Waals surface area contributed by atoms with Crippen molar-refractivity contribution in [1.29, 1.82) is 0 Å². The van der Waals surface area contributed by atoms with E-state index in [0.29, 0.717) is 32.5 Å². The van der Waals surface area contributed by atoms with Gasteiger partial charge in [0.2, 0.25) is 5.91 Å². The van der Waals surface area contributed by atoms with E-state index in [4.69, 9.17) is 23.2 Å². The van der Waals surface area contributed by atoms with Gasteiger partial charge in [-0.2, -0.15) is 0 Å². The van der Waals surface area contributed by atoms with Gasteiger partial charge in [0.1, 0.15) is 0 Å². The smallest absolute Gasteiger partial charge is 0.230 e. The van der Waals surface area contributed by atoms with Crippen LogP contribution in [0.15, 0.2) is 17.4 Å². The second kappa shape index (κ2) is 6.02. The van der Waals surface area contributed by atoms with Crippen LogP contribution >= 0.6 is 35.0 Å². The molecule has 1 atom stereocenters. The number of hydrogen-bond donors (Lipinski definition) is 1. The minimum Gasteiger partial charge on any atom is -0.353 e. The molecular weight excluding hydrogens is 331 g/mol. The minimum absolute atomic E-state index is 0.00396. The molecule has 1 saturated carbocycles. The summed E-state index contributed by atoms with van der Waals surface area (Å²) in [6, 6.07) is 1.86. The van der Waals surface area contributed by atoms with Crippen LogP contribution in [0.25, 0.3) is 5.65 Å². The van der Waals surface area contributed by atoms with Gasteiger partial charge in [0.25, 0.3) is 0 Å². The number of carbonyl (C=O) groups excluding carboxylic acids is 1. The third-order valence-electron chi connectivity index (χ3n) is 3.45. The normalized spacial score (nSPS) is 16.1. The number of amides is 1. The Morgan fingerprint density at radius 2 is 2.29 bits per heavy atom. The van der Waals surface area contributed by atoms with Crippen molar-refractivity contribution in [1.82, 2.24) is 19.9 Å². The molecule has 2 aromatic heterocycles. The molecule has 0 unspecified atom stereocenters. The van der Waals surface area contributed by atoms with Gasteiger partial charge >= 0.3 is 0 Å². The zero-order valence-corrected chi connectivity index (χ0v) is 13.7. The Kier molecular flexibility index (Phi) is 4.28. The molecule has 2 heterocycles. The van der Waals surface area contributed by atoms with Crippen molar-refractivity contribution in [3.63, 3.8) is 0 Å². The monoisotopic (exact) mass is 344 g/mol. The number of rotatable bonds is 5. The lowest BCUT2D eigenvalue weighted by Crippen LogP contribution is -2.35. The number of nitrogens with zero attached hydrogens (tertiary/aromatic N) is 3. The summed E-state index contributed by atoms with van der Waals surface area (Å²) in [5.41, 5.74) is 0.537. The van der Waals surface area contributed by atoms with Crippen LogP contribution in [0.4, 0.5) is 0 Å². The molecule has 8 heteroatoms. The summed E-state index contributed by atoms with van der Waals surface area (Å²) in [5, 5.41) is 12.6. The van der Waals surface area contributed by atoms with E-state index in [1.54, 1.807) is 16.7 Å². The number of hydrogen-bond acceptors (Lipinski definition) is 4. The number of thioether (sulfide) groups is 1. The van der Waals surface area contributed by atoms with Crippen molar-refractivity contribution in [2.45, 2.75) is 31.0 Å². The highest BCUT2D eigenvalue weighted by molar-refractivity contribution is 7.99. The highest BCUT2D eigenvalue weighted by Gasteiger charge is 2.28. The first-order valence-electron chi connectivity index (χ1n) is 6.66. The summed E-state index contributed by atoms with van der Waals surface area (Å²) in [6.07, 6.45) is 4.11. The lowest BCUT2D eigenvalue weighted by molar-refractivity contribution is -0.119. The van der Waals surface area contributed by atoms with Gasteiger partial charge in [0.15, 0.2) is 10.8 Å². The van der Waals surface area contributed by atoms with Crippen LogP contribution in [0.5, 0.6) is 0 Å². The van der Waals surface area contributed by atoms with E-state index in [1.165, 1.54) is 24.6 Å². The number of aromatic nitrogens is 3. The Morgan fingerprint density at radius 3 is 3.00 bits per heavy atom. The van der Waals surface area contributed by atoms with E-state index in [1.807, 2.05) is 6.92 Å². The fourth-order valence-electron chi connectivity index (χ4n) is 2.14. The van der Waals surface area contributed by atoms with Gasteiger partial charge in [0, 0.05) is 12.2 Å². The molecule has 0 aliphatic heterocycles. The van der Waals surface area contributed by atoms with Crippen molar-refractivity contribution in [2.75, 3.05) is 5.75 Å². The summed E-state index contributed by atoms with van der Waals surface area (Å²) in [5.74, 6) is 0.942. The number of fused-ring (bicyclic) bond motifs is 1. The zero-order chi connectivity index (χ0) is 15.0. The van der Waals surface area contributed by atoms with E-state index in [9.17, 15) is 4.79 Å². The minimum atomic E-state index is 0.00396. The number of carbonyl (C=O) groups is 1. The van der Waals surface area contributed by atoms with Crippen LogP contribution in [0.1, 0.15) is 19.8 Å². The molecular formula is C13H14Cl2N4OS. The van der Waals surface area contributed by atoms with E-state index in [-0.39, 0.29) is 11.9 Å². The molecule has 1 fully saturated rings. The quantitative estimate of drug-likeness (QED) is 0.847. The third-order valence-corrected chi connectivity index (χ3v) is 4.87. The first kappa shape index (κ1) is 14.9. The molecule has 112 valence electrons. The lowest BCUT2D eigenvalue weighted by atomic mass is 10.2. The predicted molar refractivity (Wildman–Crippen MR) is 84.1 cm³/mol. The van der Waals surface area contributed by atoms with Gasteiger partial charge < -0.3 is 5.32 Å². The van der Waals surface area contributed by atoms with Gasteiger partial charge in [0.05, 0.1) is 15.8 Å². The van der Waals surface area contributed by atoms with E-state index >= 15 is 0 Å². The molecule has 0 saturated heterocycles. The molecule has 2 aromatic rings. The van der Waals surface area contributed by atoms with Gasteiger partial charge in [-0.1, -0.05) is 35.0 Å². The highest BCUT2D eigenvalue weighted by atomic mass is 35.5. The van der Waals surface area contributed by atoms with Gasteiger partial charge in [-0.15, -0.1) is 10.2 Å². The maximum Gasteiger partial charge on any atom is 0.230 e. The van der Waals surface area contributed by atoms with Crippen LogP contribution in [0.2, 0.25) is 10.0 Å². The van der Waals surface area contributed by atoms with Crippen molar-refractivity contribution in [3.8, 4) is 0 Å². The molecule has 0 bridgehead atoms. The van der Waals surface area contributed by atoms with Crippen LogP contribution in [0.3, 0.4) is 0 Å². The van der Waals surface area contributed by atoms with Crippen molar-refractivity contribution < 1.29 is 4.79 Å². The molecule has 1 aliphatic rings. The van der Waals surface area contributed by atoms with Crippen LogP contribution < -0.4 is 5.32 Å². The Balaban J connectivity index is 1.66. The fourth-order valence-corrected chi connectivity index (χ4v) is 3.37. The Bertz CT molecular complexity index is 686. The maximum atomic E-state index is 11.9. The fraction of sp³-hybridized carbons (Fsp3) is 0.462. The molecule has 21 heavy (non-hydrogen) atoms. The van der Waals surface area contributed by atoms with E-state index in [0.717, 1.165) is 0 Å². The van der Waals surface area contributed by atoms with Crippen molar-refractivity contribution >= 4 is 46.5 Å². The second-order valence-electron chi connectivity index (χ2n) is 5.16. The van der Waals surface area contributed by atoms with Gasteiger partial charge in [-0.05, 0) is 31.7 Å². The lowest BCUT2D eigenvalue weighted by Gasteiger charge is -2.11. The molecule has 0 spiro atoms. The molecule has 5 nitrogen and oxygen atoms in total. The Morgan fingerprint density at radius 1 is 1.52 bits per heavy atom. The molecule has 1 amide bonds. The maximum absolute atomic E-state index is 11.9. The number of pyridine rings is 1. The summed E-state index contributed by atoms with van der Waals surface area (Å²) < 4.78 is 1.70. The summed E-state index contributed by atoms with van der Waals surface area (Å²) in [6.45, 7) is 2.05. The largest absolute Gasteiger partial charge is 0.353 e. The zero-order valence-electron chi connectivity index (χ0n) is 11.3. The van der Waals surface area contributed by atoms with Gasteiger partial charge in [-0.25, -0.2) is 0 Å². The number of nitrogens with one attached hydrogen (secondary N) is 1. The van der Waals surface area contributed by atoms with Crippen LogP contribution in [-0.4, -0.2) is 32.3 Å². The summed E-state index contributed by atoms with van der Waals surface area (Å²) >= 11 is 13.3. The van der Waals surface area contributed by atoms with Crippen molar-refractivity contribution in [3.05, 3.63) is 22.3 Å². The Labute approximate surface area is 136 Å². The topological polar surface area (TPSA) is 59.3 Å². The summed E-state index contributed by atoms with van der Waals surface area (Å²) in [7, 11) is 0. The van der Waals surface area contributed by atoms with Crippen LogP contribution in [0, 0.1) is 5.92 Å². The highest BCUT2D eigenvalue weighted by Crippen LogP contribution is 2.32. The average Bonchev–Trinajstić information content (AvgIpc) is 3.19. The first-order chi connectivity index (χ1) is 10.0. The molecule has 1 aliphatic carbocycles. The summed E-state index contributed by atoms with van der Waals surface area (Å²) in [4.78, 5) is 11.9. The van der Waals surface area contributed by atoms with E-state index < -0.39 is 0 Å². The van der Waals surface area contributed by atoms with Crippen molar-refractivity contribution in [2.24, 2.45) is 5.92 Å². The average molecular weight is 345 g/mol. The third kappa shape index (κ3) is 3.44. The Hall–Kier alpha value is -0.980. The molecule has 0 aromatic carbocycles. The molecule has 0 radical (unpaired) electrons. The molecule has 1 N–H and O–H groups in total. The predicted octanol–water partition coefficient (Wildman–Crippen LogP) is 3.04. The SMILES string of the molecule is C[C@H](NC(=O)CSc1nnc2c(Cl)cc(Cl)cn12)C1CC1. The number of halogens is 2. The molecule has 3 rings (SSSR count).